The molecule has 1 aromatic rings. The van der Waals surface area contributed by atoms with Crippen LogP contribution in [-0.2, 0) is 27.4 Å². The van der Waals surface area contributed by atoms with E-state index in [0.29, 0.717) is 19.2 Å². The maximum Gasteiger partial charge on any atom is 0.313 e. The highest BCUT2D eigenvalue weighted by molar-refractivity contribution is 6.76. The standard InChI is InChI=1S/C12H23N3O3Si/c1-5-18-12(16)8-11-13-9-15(14-11)10-17-6-7-19(2,3)4/h9H,5-8,10H2,1-4H3. The molecule has 108 valence electrons. The highest BCUT2D eigenvalue weighted by Gasteiger charge is 2.12. The van der Waals surface area contributed by atoms with Crippen molar-refractivity contribution in [3.8, 4) is 0 Å². The number of carbonyl (C=O) groups is 1. The Balaban J connectivity index is 2.29. The Kier molecular flexibility index (Phi) is 6.17. The number of aromatic nitrogens is 3. The van der Waals surface area contributed by atoms with Crippen molar-refractivity contribution in [2.45, 2.75) is 45.8 Å². The SMILES string of the molecule is CCOC(=O)Cc1ncn(COCC[Si](C)(C)C)n1. The molecule has 1 aromatic heterocycles. The summed E-state index contributed by atoms with van der Waals surface area (Å²) >= 11 is 0. The van der Waals surface area contributed by atoms with Gasteiger partial charge < -0.3 is 9.47 Å². The first kappa shape index (κ1) is 15.8. The lowest BCUT2D eigenvalue weighted by Crippen LogP contribution is -2.22. The van der Waals surface area contributed by atoms with Crippen molar-refractivity contribution in [1.82, 2.24) is 14.8 Å². The zero-order chi connectivity index (χ0) is 14.3. The molecule has 0 spiro atoms. The molecule has 0 atom stereocenters. The van der Waals surface area contributed by atoms with Gasteiger partial charge in [0.1, 0.15) is 19.5 Å². The molecule has 0 aliphatic carbocycles. The number of nitrogens with zero attached hydrogens (tertiary/aromatic N) is 3. The molecule has 0 unspecified atom stereocenters. The number of ether oxygens (including phenoxy) is 2. The van der Waals surface area contributed by atoms with Crippen LogP contribution < -0.4 is 0 Å². The third kappa shape index (κ3) is 7.07. The van der Waals surface area contributed by atoms with Gasteiger partial charge in [-0.05, 0) is 13.0 Å². The van der Waals surface area contributed by atoms with Crippen molar-refractivity contribution < 1.29 is 14.3 Å². The van der Waals surface area contributed by atoms with Gasteiger partial charge in [-0.3, -0.25) is 4.79 Å². The van der Waals surface area contributed by atoms with Gasteiger partial charge in [-0.2, -0.15) is 5.10 Å². The van der Waals surface area contributed by atoms with Gasteiger partial charge >= 0.3 is 5.97 Å². The van der Waals surface area contributed by atoms with Gasteiger partial charge in [0.2, 0.25) is 0 Å². The van der Waals surface area contributed by atoms with Gasteiger partial charge in [-0.15, -0.1) is 0 Å². The summed E-state index contributed by atoms with van der Waals surface area (Å²) in [5.74, 6) is 0.159. The fraction of sp³-hybridized carbons (Fsp3) is 0.750. The predicted molar refractivity (Wildman–Crippen MR) is 74.5 cm³/mol. The summed E-state index contributed by atoms with van der Waals surface area (Å²) in [5.41, 5.74) is 0. The van der Waals surface area contributed by atoms with Gasteiger partial charge in [0, 0.05) is 14.7 Å². The van der Waals surface area contributed by atoms with Crippen molar-refractivity contribution in [2.24, 2.45) is 0 Å². The van der Waals surface area contributed by atoms with E-state index in [9.17, 15) is 4.79 Å². The highest BCUT2D eigenvalue weighted by Crippen LogP contribution is 2.07. The summed E-state index contributed by atoms with van der Waals surface area (Å²) in [7, 11) is -1.05. The van der Waals surface area contributed by atoms with Crippen LogP contribution in [0.2, 0.25) is 25.7 Å². The average molecular weight is 285 g/mol. The first-order valence-electron chi connectivity index (χ1n) is 6.52. The number of esters is 1. The lowest BCUT2D eigenvalue weighted by Gasteiger charge is -2.15. The van der Waals surface area contributed by atoms with Crippen molar-refractivity contribution in [3.05, 3.63) is 12.2 Å². The van der Waals surface area contributed by atoms with E-state index in [2.05, 4.69) is 29.7 Å². The molecule has 0 N–H and O–H groups in total. The topological polar surface area (TPSA) is 66.2 Å². The van der Waals surface area contributed by atoms with Gasteiger partial charge in [0.15, 0.2) is 5.82 Å². The third-order valence-electron chi connectivity index (χ3n) is 2.41. The Morgan fingerprint density at radius 2 is 2.16 bits per heavy atom. The van der Waals surface area contributed by atoms with Crippen molar-refractivity contribution in [2.75, 3.05) is 13.2 Å². The maximum absolute atomic E-state index is 11.3. The number of hydrogen-bond acceptors (Lipinski definition) is 5. The molecule has 0 saturated carbocycles. The number of hydrogen-bond donors (Lipinski definition) is 0. The maximum atomic E-state index is 11.3. The second kappa shape index (κ2) is 7.39. The smallest absolute Gasteiger partial charge is 0.313 e. The molecule has 0 fully saturated rings. The molecule has 1 rings (SSSR count). The zero-order valence-corrected chi connectivity index (χ0v) is 13.2. The molecule has 6 nitrogen and oxygen atoms in total. The molecule has 0 aromatic carbocycles. The summed E-state index contributed by atoms with van der Waals surface area (Å²) < 4.78 is 12.0. The molecule has 0 amide bonds. The van der Waals surface area contributed by atoms with E-state index in [1.54, 1.807) is 17.9 Å². The lowest BCUT2D eigenvalue weighted by molar-refractivity contribution is -0.142. The van der Waals surface area contributed by atoms with Crippen LogP contribution in [0, 0.1) is 0 Å². The van der Waals surface area contributed by atoms with Crippen LogP contribution in [-0.4, -0.2) is 42.0 Å². The summed E-state index contributed by atoms with van der Waals surface area (Å²) in [6, 6.07) is 1.12. The summed E-state index contributed by atoms with van der Waals surface area (Å²) in [4.78, 5) is 15.3. The van der Waals surface area contributed by atoms with Crippen molar-refractivity contribution >= 4 is 14.0 Å². The summed E-state index contributed by atoms with van der Waals surface area (Å²) in [6.07, 6.45) is 1.68. The molecule has 0 saturated heterocycles. The second-order valence-electron chi connectivity index (χ2n) is 5.53. The van der Waals surface area contributed by atoms with Gasteiger partial charge in [0.05, 0.1) is 6.61 Å². The van der Waals surface area contributed by atoms with Crippen LogP contribution >= 0.6 is 0 Å². The normalized spacial score (nSPS) is 11.6. The molecule has 0 aliphatic heterocycles. The lowest BCUT2D eigenvalue weighted by atomic mass is 10.4. The quantitative estimate of drug-likeness (QED) is 0.413. The molecule has 0 radical (unpaired) electrons. The number of rotatable bonds is 8. The summed E-state index contributed by atoms with van der Waals surface area (Å²) in [5, 5.41) is 4.16. The Morgan fingerprint density at radius 1 is 1.42 bits per heavy atom. The van der Waals surface area contributed by atoms with E-state index in [4.69, 9.17) is 9.47 Å². The molecule has 0 bridgehead atoms. The third-order valence-corrected chi connectivity index (χ3v) is 4.12. The van der Waals surface area contributed by atoms with E-state index in [1.165, 1.54) is 0 Å². The monoisotopic (exact) mass is 285 g/mol. The fourth-order valence-electron chi connectivity index (χ4n) is 1.35. The molecule has 19 heavy (non-hydrogen) atoms. The first-order chi connectivity index (χ1) is 8.90. The Morgan fingerprint density at radius 3 is 2.79 bits per heavy atom. The second-order valence-corrected chi connectivity index (χ2v) is 11.2. The van der Waals surface area contributed by atoms with Crippen LogP contribution in [0.1, 0.15) is 12.7 Å². The molecule has 7 heteroatoms. The minimum absolute atomic E-state index is 0.107. The minimum atomic E-state index is -1.05. The van der Waals surface area contributed by atoms with E-state index < -0.39 is 8.07 Å². The fourth-order valence-corrected chi connectivity index (χ4v) is 2.11. The Labute approximate surface area is 115 Å². The van der Waals surface area contributed by atoms with Gasteiger partial charge in [-0.25, -0.2) is 9.67 Å². The molecule has 0 aliphatic rings. The Bertz CT molecular complexity index is 401. The summed E-state index contributed by atoms with van der Waals surface area (Å²) in [6.45, 7) is 10.2. The van der Waals surface area contributed by atoms with Crippen LogP contribution in [0.15, 0.2) is 6.33 Å². The minimum Gasteiger partial charge on any atom is -0.466 e. The molecular weight excluding hydrogens is 262 g/mol. The molecular formula is C12H23N3O3Si. The number of carbonyl (C=O) groups excluding carboxylic acids is 1. The van der Waals surface area contributed by atoms with E-state index in [0.717, 1.165) is 12.7 Å². The van der Waals surface area contributed by atoms with Crippen LogP contribution in [0.5, 0.6) is 0 Å². The zero-order valence-electron chi connectivity index (χ0n) is 12.2. The van der Waals surface area contributed by atoms with Crippen LogP contribution in [0.25, 0.3) is 0 Å². The van der Waals surface area contributed by atoms with Crippen molar-refractivity contribution in [3.63, 3.8) is 0 Å². The average Bonchev–Trinajstić information content (AvgIpc) is 2.71. The van der Waals surface area contributed by atoms with Gasteiger partial charge in [0.25, 0.3) is 0 Å². The predicted octanol–water partition coefficient (Wildman–Crippen LogP) is 1.70. The van der Waals surface area contributed by atoms with E-state index >= 15 is 0 Å². The van der Waals surface area contributed by atoms with Crippen molar-refractivity contribution in [1.29, 1.82) is 0 Å². The Hall–Kier alpha value is -1.21. The molecule has 1 heterocycles. The first-order valence-corrected chi connectivity index (χ1v) is 10.2. The van der Waals surface area contributed by atoms with E-state index in [-0.39, 0.29) is 12.4 Å². The van der Waals surface area contributed by atoms with Gasteiger partial charge in [-0.1, -0.05) is 19.6 Å². The highest BCUT2D eigenvalue weighted by atomic mass is 28.3. The van der Waals surface area contributed by atoms with Crippen LogP contribution in [0.3, 0.4) is 0 Å². The van der Waals surface area contributed by atoms with E-state index in [1.807, 2.05) is 0 Å². The van der Waals surface area contributed by atoms with Crippen LogP contribution in [0.4, 0.5) is 0 Å². The largest absolute Gasteiger partial charge is 0.466 e.